The molecule has 0 bridgehead atoms. The maximum atomic E-state index is 13.4. The number of aromatic nitrogens is 5. The van der Waals surface area contributed by atoms with E-state index in [2.05, 4.69) is 47.3 Å². The van der Waals surface area contributed by atoms with E-state index in [1.165, 1.54) is 15.9 Å². The van der Waals surface area contributed by atoms with E-state index in [0.717, 1.165) is 51.0 Å². The van der Waals surface area contributed by atoms with Crippen LogP contribution in [0.5, 0.6) is 5.75 Å². The van der Waals surface area contributed by atoms with Gasteiger partial charge in [-0.05, 0) is 65.7 Å². The Bertz CT molecular complexity index is 2110. The van der Waals surface area contributed by atoms with Crippen molar-refractivity contribution in [3.63, 3.8) is 0 Å². The Balaban J connectivity index is 1.30. The van der Waals surface area contributed by atoms with E-state index in [1.54, 1.807) is 0 Å². The van der Waals surface area contributed by atoms with Crippen LogP contribution in [0.1, 0.15) is 18.9 Å². The van der Waals surface area contributed by atoms with Crippen LogP contribution in [-0.2, 0) is 0 Å². The lowest BCUT2D eigenvalue weighted by Crippen LogP contribution is -2.23. The third-order valence-electron chi connectivity index (χ3n) is 6.84. The van der Waals surface area contributed by atoms with Crippen molar-refractivity contribution in [2.24, 2.45) is 0 Å². The molecule has 0 amide bonds. The van der Waals surface area contributed by atoms with Crippen molar-refractivity contribution in [3.05, 3.63) is 124 Å². The summed E-state index contributed by atoms with van der Waals surface area (Å²) >= 11 is 1.32. The smallest absolute Gasteiger partial charge is 0.291 e. The predicted octanol–water partition coefficient (Wildman–Crippen LogP) is 6.16. The van der Waals surface area contributed by atoms with Crippen molar-refractivity contribution in [2.45, 2.75) is 13.3 Å². The Morgan fingerprint density at radius 3 is 2.39 bits per heavy atom. The molecule has 0 unspecified atom stereocenters. The first-order chi connectivity index (χ1) is 20.2. The largest absolute Gasteiger partial charge is 0.494 e. The van der Waals surface area contributed by atoms with E-state index < -0.39 is 0 Å². The van der Waals surface area contributed by atoms with Gasteiger partial charge in [-0.3, -0.25) is 4.79 Å². The van der Waals surface area contributed by atoms with Gasteiger partial charge in [-0.1, -0.05) is 72.9 Å². The number of benzene rings is 4. The molecule has 0 aliphatic rings. The van der Waals surface area contributed by atoms with E-state index in [4.69, 9.17) is 9.84 Å². The Kier molecular flexibility index (Phi) is 6.37. The molecule has 3 aromatic heterocycles. The molecule has 4 aromatic carbocycles. The predicted molar refractivity (Wildman–Crippen MR) is 164 cm³/mol. The number of nitrogens with zero attached hydrogens (tertiary/aromatic N) is 5. The lowest BCUT2D eigenvalue weighted by atomic mass is 10.0. The van der Waals surface area contributed by atoms with Crippen molar-refractivity contribution in [2.75, 3.05) is 6.61 Å². The third-order valence-corrected chi connectivity index (χ3v) is 7.80. The zero-order valence-corrected chi connectivity index (χ0v) is 23.1. The minimum atomic E-state index is -0.205. The number of hydrogen-bond donors (Lipinski definition) is 0. The molecular weight excluding hydrogens is 530 g/mol. The average molecular weight is 556 g/mol. The van der Waals surface area contributed by atoms with E-state index in [0.29, 0.717) is 21.9 Å². The summed E-state index contributed by atoms with van der Waals surface area (Å²) < 4.78 is 9.45. The molecule has 0 atom stereocenters. The molecule has 200 valence electrons. The quantitative estimate of drug-likeness (QED) is 0.236. The molecule has 0 spiro atoms. The van der Waals surface area contributed by atoms with Crippen LogP contribution in [0, 0.1) is 0 Å². The summed E-state index contributed by atoms with van der Waals surface area (Å²) in [5.41, 5.74) is 4.18. The second-order valence-corrected chi connectivity index (χ2v) is 10.7. The summed E-state index contributed by atoms with van der Waals surface area (Å²) in [4.78, 5) is 18.6. The fraction of sp³-hybridized carbons (Fsp3) is 0.0909. The zero-order chi connectivity index (χ0) is 27.8. The Labute approximate surface area is 239 Å². The van der Waals surface area contributed by atoms with Crippen LogP contribution in [0.25, 0.3) is 50.1 Å². The van der Waals surface area contributed by atoms with E-state index in [9.17, 15) is 4.79 Å². The minimum Gasteiger partial charge on any atom is -0.494 e. The molecule has 41 heavy (non-hydrogen) atoms. The first kappa shape index (κ1) is 24.9. The van der Waals surface area contributed by atoms with Gasteiger partial charge in [0.2, 0.25) is 4.96 Å². The van der Waals surface area contributed by atoms with Gasteiger partial charge in [-0.25, -0.2) is 4.68 Å². The van der Waals surface area contributed by atoms with E-state index >= 15 is 0 Å². The molecular formula is C33H25N5O2S. The highest BCUT2D eigenvalue weighted by molar-refractivity contribution is 7.15. The SMILES string of the molecule is CCCOc1ccc(-c2nc3sc(=Cc4cn(-c5ccccc5)nc4-c4ccc5ccccc5c4)c(=O)n3n2)cc1. The summed E-state index contributed by atoms with van der Waals surface area (Å²) in [5.74, 6) is 1.31. The van der Waals surface area contributed by atoms with E-state index in [-0.39, 0.29) is 5.56 Å². The van der Waals surface area contributed by atoms with Gasteiger partial charge in [0.25, 0.3) is 5.56 Å². The molecule has 0 saturated carbocycles. The number of thiazole rings is 1. The maximum absolute atomic E-state index is 13.4. The number of para-hydroxylation sites is 1. The normalized spacial score (nSPS) is 12.0. The molecule has 7 nitrogen and oxygen atoms in total. The van der Waals surface area contributed by atoms with Gasteiger partial charge in [-0.15, -0.1) is 5.10 Å². The summed E-state index contributed by atoms with van der Waals surface area (Å²) in [6.45, 7) is 2.74. The third kappa shape index (κ3) is 4.79. The highest BCUT2D eigenvalue weighted by Gasteiger charge is 2.15. The fourth-order valence-electron chi connectivity index (χ4n) is 4.78. The first-order valence-electron chi connectivity index (χ1n) is 13.4. The maximum Gasteiger partial charge on any atom is 0.291 e. The van der Waals surface area contributed by atoms with Gasteiger partial charge in [0.15, 0.2) is 5.82 Å². The monoisotopic (exact) mass is 555 g/mol. The number of ether oxygens (including phenoxy) is 1. The van der Waals surface area contributed by atoms with Gasteiger partial charge >= 0.3 is 0 Å². The first-order valence-corrected chi connectivity index (χ1v) is 14.3. The number of hydrogen-bond acceptors (Lipinski definition) is 6. The Morgan fingerprint density at radius 1 is 0.854 bits per heavy atom. The second kappa shape index (κ2) is 10.5. The Hall–Kier alpha value is -5.08. The number of fused-ring (bicyclic) bond motifs is 2. The Morgan fingerprint density at radius 2 is 1.61 bits per heavy atom. The summed E-state index contributed by atoms with van der Waals surface area (Å²) in [7, 11) is 0. The molecule has 3 heterocycles. The number of rotatable bonds is 7. The molecule has 0 N–H and O–H groups in total. The summed E-state index contributed by atoms with van der Waals surface area (Å²) in [5, 5.41) is 11.8. The van der Waals surface area contributed by atoms with Gasteiger partial charge < -0.3 is 4.74 Å². The van der Waals surface area contributed by atoms with Crippen LogP contribution >= 0.6 is 11.3 Å². The summed E-state index contributed by atoms with van der Waals surface area (Å²) in [6.07, 6.45) is 4.80. The summed E-state index contributed by atoms with van der Waals surface area (Å²) in [6, 6.07) is 32.1. The van der Waals surface area contributed by atoms with Crippen molar-refractivity contribution >= 4 is 33.1 Å². The van der Waals surface area contributed by atoms with Crippen molar-refractivity contribution in [1.29, 1.82) is 0 Å². The van der Waals surface area contributed by atoms with E-state index in [1.807, 2.05) is 83.7 Å². The average Bonchev–Trinajstić information content (AvgIpc) is 3.71. The molecule has 0 fully saturated rings. The van der Waals surface area contributed by atoms with Crippen LogP contribution in [-0.4, -0.2) is 31.0 Å². The van der Waals surface area contributed by atoms with Crippen molar-refractivity contribution in [3.8, 4) is 34.1 Å². The van der Waals surface area contributed by atoms with Crippen molar-refractivity contribution < 1.29 is 4.74 Å². The van der Waals surface area contributed by atoms with Crippen LogP contribution < -0.4 is 14.8 Å². The molecule has 7 aromatic rings. The van der Waals surface area contributed by atoms with Crippen LogP contribution in [0.15, 0.2) is 108 Å². The van der Waals surface area contributed by atoms with Gasteiger partial charge in [0.05, 0.1) is 16.8 Å². The molecule has 0 aliphatic carbocycles. The molecule has 7 rings (SSSR count). The lowest BCUT2D eigenvalue weighted by Gasteiger charge is -2.04. The van der Waals surface area contributed by atoms with Crippen LogP contribution in [0.4, 0.5) is 0 Å². The minimum absolute atomic E-state index is 0.205. The highest BCUT2D eigenvalue weighted by atomic mass is 32.1. The van der Waals surface area contributed by atoms with Gasteiger partial charge in [-0.2, -0.15) is 14.6 Å². The van der Waals surface area contributed by atoms with Crippen LogP contribution in [0.3, 0.4) is 0 Å². The highest BCUT2D eigenvalue weighted by Crippen LogP contribution is 2.28. The zero-order valence-electron chi connectivity index (χ0n) is 22.3. The molecule has 0 saturated heterocycles. The molecule has 0 aliphatic heterocycles. The topological polar surface area (TPSA) is 74.3 Å². The van der Waals surface area contributed by atoms with Crippen molar-refractivity contribution in [1.82, 2.24) is 24.4 Å². The van der Waals surface area contributed by atoms with Crippen LogP contribution in [0.2, 0.25) is 0 Å². The molecule has 8 heteroatoms. The fourth-order valence-corrected chi connectivity index (χ4v) is 5.68. The standard InChI is InChI=1S/C33H25N5O2S/c1-2-18-40-28-16-14-23(15-17-28)31-34-33-38(36-31)32(39)29(41-33)20-26-21-37(27-10-4-3-5-11-27)35-30(26)25-13-12-22-8-6-7-9-24(22)19-25/h3-17,19-21H,2,18H2,1H3. The second-order valence-electron chi connectivity index (χ2n) is 9.69. The molecule has 0 radical (unpaired) electrons. The van der Waals surface area contributed by atoms with Gasteiger partial charge in [0.1, 0.15) is 11.4 Å². The lowest BCUT2D eigenvalue weighted by molar-refractivity contribution is 0.317. The van der Waals surface area contributed by atoms with Gasteiger partial charge in [0, 0.05) is 22.9 Å².